The molecular weight excluding hydrogens is 288 g/mol. The minimum atomic E-state index is -3.40. The Labute approximate surface area is 115 Å². The zero-order valence-electron chi connectivity index (χ0n) is 9.87. The normalized spacial score (nSPS) is 12.2. The van der Waals surface area contributed by atoms with E-state index in [1.807, 2.05) is 17.5 Å². The van der Waals surface area contributed by atoms with Crippen LogP contribution < -0.4 is 5.73 Å². The SMILES string of the molecule is CN(Cc1cccs1)S(=O)(=O)c1cc(CN)cs1. The standard InChI is InChI=1S/C11H14N2O2S3/c1-13(7-10-3-2-4-16-10)18(14,15)11-5-9(6-12)8-17-11/h2-5,8H,6-7,12H2,1H3. The zero-order chi connectivity index (χ0) is 13.2. The van der Waals surface area contributed by atoms with E-state index in [0.29, 0.717) is 17.3 Å². The van der Waals surface area contributed by atoms with Crippen LogP contribution in [0.25, 0.3) is 0 Å². The molecule has 2 aromatic rings. The summed E-state index contributed by atoms with van der Waals surface area (Å²) in [5.41, 5.74) is 6.34. The molecule has 18 heavy (non-hydrogen) atoms. The molecule has 0 bridgehead atoms. The molecule has 0 saturated heterocycles. The lowest BCUT2D eigenvalue weighted by Crippen LogP contribution is -2.25. The highest BCUT2D eigenvalue weighted by atomic mass is 32.2. The van der Waals surface area contributed by atoms with Gasteiger partial charge in [-0.25, -0.2) is 8.42 Å². The van der Waals surface area contributed by atoms with Gasteiger partial charge in [-0.1, -0.05) is 6.07 Å². The van der Waals surface area contributed by atoms with Crippen LogP contribution in [0.4, 0.5) is 0 Å². The predicted molar refractivity (Wildman–Crippen MR) is 75.2 cm³/mol. The molecule has 2 heterocycles. The average Bonchev–Trinajstić information content (AvgIpc) is 2.99. The number of hydrogen-bond acceptors (Lipinski definition) is 5. The predicted octanol–water partition coefficient (Wildman–Crippen LogP) is 2.09. The van der Waals surface area contributed by atoms with Gasteiger partial charge in [0, 0.05) is 25.0 Å². The molecule has 0 saturated carbocycles. The van der Waals surface area contributed by atoms with Gasteiger partial charge in [0.15, 0.2) is 0 Å². The number of thiophene rings is 2. The third-order valence-electron chi connectivity index (χ3n) is 2.49. The van der Waals surface area contributed by atoms with Crippen LogP contribution in [0.3, 0.4) is 0 Å². The highest BCUT2D eigenvalue weighted by molar-refractivity contribution is 7.91. The first kappa shape index (κ1) is 13.7. The lowest BCUT2D eigenvalue weighted by atomic mass is 10.4. The molecule has 2 N–H and O–H groups in total. The van der Waals surface area contributed by atoms with E-state index in [4.69, 9.17) is 5.73 Å². The molecule has 0 atom stereocenters. The van der Waals surface area contributed by atoms with E-state index in [2.05, 4.69) is 0 Å². The first-order valence-electron chi connectivity index (χ1n) is 5.30. The van der Waals surface area contributed by atoms with Crippen molar-refractivity contribution in [1.29, 1.82) is 0 Å². The molecule has 0 aliphatic carbocycles. The van der Waals surface area contributed by atoms with E-state index in [0.717, 1.165) is 10.4 Å². The summed E-state index contributed by atoms with van der Waals surface area (Å²) in [5, 5.41) is 3.72. The molecule has 0 aliphatic heterocycles. The molecule has 0 radical (unpaired) electrons. The lowest BCUT2D eigenvalue weighted by Gasteiger charge is -2.14. The van der Waals surface area contributed by atoms with Gasteiger partial charge in [0.2, 0.25) is 0 Å². The monoisotopic (exact) mass is 302 g/mol. The van der Waals surface area contributed by atoms with E-state index in [-0.39, 0.29) is 0 Å². The van der Waals surface area contributed by atoms with Crippen LogP contribution in [0.1, 0.15) is 10.4 Å². The number of sulfonamides is 1. The minimum Gasteiger partial charge on any atom is -0.326 e. The lowest BCUT2D eigenvalue weighted by molar-refractivity contribution is 0.471. The topological polar surface area (TPSA) is 63.4 Å². The Hall–Kier alpha value is -0.730. The third kappa shape index (κ3) is 2.81. The second kappa shape index (κ2) is 5.50. The number of rotatable bonds is 5. The van der Waals surface area contributed by atoms with Gasteiger partial charge in [-0.15, -0.1) is 22.7 Å². The molecular formula is C11H14N2O2S3. The Morgan fingerprint density at radius 3 is 2.72 bits per heavy atom. The highest BCUT2D eigenvalue weighted by Crippen LogP contribution is 2.24. The van der Waals surface area contributed by atoms with Crippen LogP contribution in [0, 0.1) is 0 Å². The second-order valence-electron chi connectivity index (χ2n) is 3.82. The van der Waals surface area contributed by atoms with Crippen molar-refractivity contribution in [2.45, 2.75) is 17.3 Å². The van der Waals surface area contributed by atoms with Crippen molar-refractivity contribution in [2.24, 2.45) is 5.73 Å². The van der Waals surface area contributed by atoms with Gasteiger partial charge < -0.3 is 5.73 Å². The maximum Gasteiger partial charge on any atom is 0.252 e. The summed E-state index contributed by atoms with van der Waals surface area (Å²) in [6.07, 6.45) is 0. The fourth-order valence-electron chi connectivity index (χ4n) is 1.46. The van der Waals surface area contributed by atoms with E-state index in [9.17, 15) is 8.42 Å². The van der Waals surface area contributed by atoms with Crippen LogP contribution in [0.15, 0.2) is 33.2 Å². The number of hydrogen-bond donors (Lipinski definition) is 1. The molecule has 2 rings (SSSR count). The molecule has 0 spiro atoms. The van der Waals surface area contributed by atoms with Crippen molar-refractivity contribution in [1.82, 2.24) is 4.31 Å². The molecule has 2 aromatic heterocycles. The van der Waals surface area contributed by atoms with Crippen molar-refractivity contribution < 1.29 is 8.42 Å². The van der Waals surface area contributed by atoms with Gasteiger partial charge in [0.1, 0.15) is 4.21 Å². The Kier molecular flexibility index (Phi) is 4.18. The summed E-state index contributed by atoms with van der Waals surface area (Å²) >= 11 is 2.77. The molecule has 4 nitrogen and oxygen atoms in total. The van der Waals surface area contributed by atoms with Crippen LogP contribution in [0.5, 0.6) is 0 Å². The maximum absolute atomic E-state index is 12.3. The first-order valence-corrected chi connectivity index (χ1v) is 8.50. The van der Waals surface area contributed by atoms with Crippen LogP contribution in [-0.2, 0) is 23.1 Å². The van der Waals surface area contributed by atoms with Gasteiger partial charge in [0.25, 0.3) is 10.0 Å². The molecule has 0 unspecified atom stereocenters. The largest absolute Gasteiger partial charge is 0.326 e. The Balaban J connectivity index is 2.19. The summed E-state index contributed by atoms with van der Waals surface area (Å²) in [7, 11) is -1.81. The quantitative estimate of drug-likeness (QED) is 0.920. The summed E-state index contributed by atoms with van der Waals surface area (Å²) in [4.78, 5) is 1.02. The Bertz CT molecular complexity index is 602. The van der Waals surface area contributed by atoms with Gasteiger partial charge in [0.05, 0.1) is 0 Å². The highest BCUT2D eigenvalue weighted by Gasteiger charge is 2.22. The van der Waals surface area contributed by atoms with Gasteiger partial charge in [-0.2, -0.15) is 4.31 Å². The summed E-state index contributed by atoms with van der Waals surface area (Å²) in [6.45, 7) is 0.760. The molecule has 0 aromatic carbocycles. The molecule has 0 amide bonds. The van der Waals surface area contributed by atoms with Crippen LogP contribution in [-0.4, -0.2) is 19.8 Å². The number of nitrogens with zero attached hydrogens (tertiary/aromatic N) is 1. The van der Waals surface area contributed by atoms with Gasteiger partial charge in [-0.05, 0) is 28.5 Å². The van der Waals surface area contributed by atoms with Crippen LogP contribution >= 0.6 is 22.7 Å². The summed E-state index contributed by atoms with van der Waals surface area (Å²) in [6, 6.07) is 5.49. The van der Waals surface area contributed by atoms with Crippen molar-refractivity contribution in [3.63, 3.8) is 0 Å². The molecule has 0 fully saturated rings. The first-order chi connectivity index (χ1) is 8.54. The fraction of sp³-hybridized carbons (Fsp3) is 0.273. The van der Waals surface area contributed by atoms with Crippen molar-refractivity contribution in [2.75, 3.05) is 7.05 Å². The van der Waals surface area contributed by atoms with Crippen molar-refractivity contribution >= 4 is 32.7 Å². The number of nitrogens with two attached hydrogens (primary N) is 1. The van der Waals surface area contributed by atoms with Gasteiger partial charge in [-0.3, -0.25) is 0 Å². The molecule has 0 aliphatic rings. The third-order valence-corrected chi connectivity index (χ3v) is 6.62. The smallest absolute Gasteiger partial charge is 0.252 e. The van der Waals surface area contributed by atoms with Gasteiger partial charge >= 0.3 is 0 Å². The van der Waals surface area contributed by atoms with E-state index < -0.39 is 10.0 Å². The summed E-state index contributed by atoms with van der Waals surface area (Å²) in [5.74, 6) is 0. The Morgan fingerprint density at radius 1 is 1.39 bits per heavy atom. The minimum absolute atomic E-state index is 0.349. The molecule has 98 valence electrons. The van der Waals surface area contributed by atoms with E-state index >= 15 is 0 Å². The van der Waals surface area contributed by atoms with E-state index in [1.165, 1.54) is 15.6 Å². The fourth-order valence-corrected chi connectivity index (χ4v) is 4.88. The second-order valence-corrected chi connectivity index (χ2v) is 8.03. The summed E-state index contributed by atoms with van der Waals surface area (Å²) < 4.78 is 26.3. The van der Waals surface area contributed by atoms with Crippen molar-refractivity contribution in [3.05, 3.63) is 39.4 Å². The van der Waals surface area contributed by atoms with Crippen molar-refractivity contribution in [3.8, 4) is 0 Å². The molecule has 7 heteroatoms. The van der Waals surface area contributed by atoms with Crippen LogP contribution in [0.2, 0.25) is 0 Å². The maximum atomic E-state index is 12.3. The van der Waals surface area contributed by atoms with E-state index in [1.54, 1.807) is 29.8 Å². The average molecular weight is 302 g/mol. The zero-order valence-corrected chi connectivity index (χ0v) is 12.3. The Morgan fingerprint density at radius 2 is 2.17 bits per heavy atom.